The number of benzene rings is 1. The van der Waals surface area contributed by atoms with Gasteiger partial charge >= 0.3 is 0 Å². The normalized spacial score (nSPS) is 14.6. The van der Waals surface area contributed by atoms with Gasteiger partial charge in [-0.2, -0.15) is 0 Å². The van der Waals surface area contributed by atoms with Crippen LogP contribution in [0.5, 0.6) is 0 Å². The molecule has 20 heavy (non-hydrogen) atoms. The molecule has 3 rings (SSSR count). The quantitative estimate of drug-likeness (QED) is 0.942. The van der Waals surface area contributed by atoms with Crippen LogP contribution in [0.25, 0.3) is 10.2 Å². The zero-order valence-corrected chi connectivity index (χ0v) is 12.2. The minimum Gasteiger partial charge on any atom is -0.324 e. The van der Waals surface area contributed by atoms with Crippen molar-refractivity contribution in [2.24, 2.45) is 10.9 Å². The van der Waals surface area contributed by atoms with Crippen LogP contribution in [-0.2, 0) is 4.79 Å². The van der Waals surface area contributed by atoms with Crippen molar-refractivity contribution < 1.29 is 4.79 Å². The Hall–Kier alpha value is -2.01. The number of carbonyl (C=O) groups is 1. The van der Waals surface area contributed by atoms with E-state index >= 15 is 0 Å². The van der Waals surface area contributed by atoms with E-state index in [-0.39, 0.29) is 11.8 Å². The summed E-state index contributed by atoms with van der Waals surface area (Å²) in [4.78, 5) is 20.9. The number of thiazole rings is 1. The molecule has 0 aliphatic carbocycles. The van der Waals surface area contributed by atoms with E-state index in [4.69, 9.17) is 0 Å². The molecule has 0 bridgehead atoms. The van der Waals surface area contributed by atoms with E-state index in [1.54, 1.807) is 11.3 Å². The van der Waals surface area contributed by atoms with Crippen molar-refractivity contribution in [3.05, 3.63) is 41.0 Å². The van der Waals surface area contributed by atoms with Crippen LogP contribution in [0.15, 0.2) is 41.0 Å². The molecule has 5 heteroatoms. The number of allylic oxidation sites excluding steroid dienone is 1. The number of aromatic nitrogens is 1. The highest BCUT2D eigenvalue weighted by Gasteiger charge is 2.20. The van der Waals surface area contributed by atoms with Gasteiger partial charge in [0.25, 0.3) is 0 Å². The largest absolute Gasteiger partial charge is 0.324 e. The van der Waals surface area contributed by atoms with Crippen molar-refractivity contribution in [1.82, 2.24) is 10.3 Å². The van der Waals surface area contributed by atoms with Gasteiger partial charge in [0.2, 0.25) is 5.91 Å². The standard InChI is InChI=1S/C15H15N3OS/c1-9(2)14(19)17-11-7-8-16-13(11)15-18-10-5-3-4-6-12(10)20-15/h3-7,9H,8H2,1-2H3,(H,17,19). The van der Waals surface area contributed by atoms with E-state index in [2.05, 4.69) is 15.3 Å². The van der Waals surface area contributed by atoms with E-state index in [9.17, 15) is 4.79 Å². The Kier molecular flexibility index (Phi) is 3.36. The van der Waals surface area contributed by atoms with Crippen molar-refractivity contribution >= 4 is 33.2 Å². The Labute approximate surface area is 121 Å². The lowest BCUT2D eigenvalue weighted by Crippen LogP contribution is -2.30. The van der Waals surface area contributed by atoms with Gasteiger partial charge < -0.3 is 5.32 Å². The van der Waals surface area contributed by atoms with E-state index in [1.165, 1.54) is 0 Å². The first-order chi connectivity index (χ1) is 9.65. The molecule has 1 aromatic heterocycles. The van der Waals surface area contributed by atoms with Gasteiger partial charge in [-0.3, -0.25) is 9.79 Å². The number of nitrogens with one attached hydrogen (secondary N) is 1. The molecule has 0 unspecified atom stereocenters. The Morgan fingerprint density at radius 1 is 1.35 bits per heavy atom. The number of fused-ring (bicyclic) bond motifs is 1. The Bertz CT molecular complexity index is 695. The molecular weight excluding hydrogens is 270 g/mol. The van der Waals surface area contributed by atoms with Crippen LogP contribution in [0.1, 0.15) is 18.9 Å². The molecule has 1 N–H and O–H groups in total. The molecule has 1 aliphatic heterocycles. The summed E-state index contributed by atoms with van der Waals surface area (Å²) in [6, 6.07) is 8.00. The van der Waals surface area contributed by atoms with Crippen LogP contribution in [0.2, 0.25) is 0 Å². The average molecular weight is 285 g/mol. The summed E-state index contributed by atoms with van der Waals surface area (Å²) in [6.45, 7) is 4.34. The first-order valence-electron chi connectivity index (χ1n) is 6.57. The lowest BCUT2D eigenvalue weighted by atomic mass is 10.2. The van der Waals surface area contributed by atoms with Crippen molar-refractivity contribution in [2.45, 2.75) is 13.8 Å². The maximum absolute atomic E-state index is 11.8. The van der Waals surface area contributed by atoms with E-state index in [0.717, 1.165) is 26.6 Å². The van der Waals surface area contributed by atoms with Gasteiger partial charge in [-0.1, -0.05) is 26.0 Å². The number of hydrogen-bond acceptors (Lipinski definition) is 4. The van der Waals surface area contributed by atoms with Crippen molar-refractivity contribution in [3.8, 4) is 0 Å². The van der Waals surface area contributed by atoms with Crippen molar-refractivity contribution in [1.29, 1.82) is 0 Å². The summed E-state index contributed by atoms with van der Waals surface area (Å²) < 4.78 is 1.13. The predicted molar refractivity (Wildman–Crippen MR) is 82.1 cm³/mol. The molecule has 0 atom stereocenters. The van der Waals surface area contributed by atoms with Gasteiger partial charge in [0.1, 0.15) is 10.7 Å². The molecule has 0 fully saturated rings. The minimum atomic E-state index is -0.0480. The predicted octanol–water partition coefficient (Wildman–Crippen LogP) is 2.76. The Morgan fingerprint density at radius 3 is 2.90 bits per heavy atom. The highest BCUT2D eigenvalue weighted by Crippen LogP contribution is 2.25. The summed E-state index contributed by atoms with van der Waals surface area (Å²) >= 11 is 1.60. The monoisotopic (exact) mass is 285 g/mol. The molecule has 0 saturated heterocycles. The number of para-hydroxylation sites is 1. The molecule has 1 aromatic carbocycles. The third-order valence-electron chi connectivity index (χ3n) is 3.08. The molecule has 4 nitrogen and oxygen atoms in total. The first kappa shape index (κ1) is 13.0. The van der Waals surface area contributed by atoms with Crippen LogP contribution >= 0.6 is 11.3 Å². The van der Waals surface area contributed by atoms with Crippen molar-refractivity contribution in [2.75, 3.05) is 6.54 Å². The second-order valence-electron chi connectivity index (χ2n) is 4.94. The fourth-order valence-corrected chi connectivity index (χ4v) is 2.94. The number of aliphatic imine (C=N–C) groups is 1. The number of rotatable bonds is 3. The Balaban J connectivity index is 1.90. The van der Waals surface area contributed by atoms with Gasteiger partial charge in [-0.15, -0.1) is 11.3 Å². The fourth-order valence-electron chi connectivity index (χ4n) is 1.95. The van der Waals surface area contributed by atoms with Crippen LogP contribution in [0, 0.1) is 5.92 Å². The first-order valence-corrected chi connectivity index (χ1v) is 7.38. The van der Waals surface area contributed by atoms with Crippen molar-refractivity contribution in [3.63, 3.8) is 0 Å². The average Bonchev–Trinajstić information content (AvgIpc) is 3.03. The third kappa shape index (κ3) is 2.36. The van der Waals surface area contributed by atoms with Gasteiger partial charge in [0.15, 0.2) is 0 Å². The van der Waals surface area contributed by atoms with Gasteiger partial charge in [-0.05, 0) is 18.2 Å². The molecule has 0 spiro atoms. The maximum Gasteiger partial charge on any atom is 0.226 e. The van der Waals surface area contributed by atoms with E-state index in [1.807, 2.05) is 44.2 Å². The minimum absolute atomic E-state index is 0.00645. The molecular formula is C15H15N3OS. The lowest BCUT2D eigenvalue weighted by molar-refractivity contribution is -0.123. The van der Waals surface area contributed by atoms with Gasteiger partial charge in [0.05, 0.1) is 22.5 Å². The third-order valence-corrected chi connectivity index (χ3v) is 4.12. The lowest BCUT2D eigenvalue weighted by Gasteiger charge is -2.09. The van der Waals surface area contributed by atoms with Gasteiger partial charge in [-0.25, -0.2) is 4.98 Å². The second-order valence-corrected chi connectivity index (χ2v) is 5.97. The topological polar surface area (TPSA) is 54.4 Å². The molecule has 2 heterocycles. The molecule has 1 amide bonds. The Morgan fingerprint density at radius 2 is 2.15 bits per heavy atom. The number of carbonyl (C=O) groups excluding carboxylic acids is 1. The summed E-state index contributed by atoms with van der Waals surface area (Å²) in [5.74, 6) is -0.0416. The maximum atomic E-state index is 11.8. The molecule has 1 aliphatic rings. The number of hydrogen-bond donors (Lipinski definition) is 1. The SMILES string of the molecule is CC(C)C(=O)NC1=CCN=C1c1nc2ccccc2s1. The zero-order chi connectivity index (χ0) is 14.1. The molecule has 0 saturated carbocycles. The van der Waals surface area contributed by atoms with Crippen LogP contribution in [-0.4, -0.2) is 23.1 Å². The van der Waals surface area contributed by atoms with E-state index < -0.39 is 0 Å². The van der Waals surface area contributed by atoms with Crippen LogP contribution in [0.4, 0.5) is 0 Å². The summed E-state index contributed by atoms with van der Waals surface area (Å²) in [5, 5.41) is 3.79. The summed E-state index contributed by atoms with van der Waals surface area (Å²) in [7, 11) is 0. The fraction of sp³-hybridized carbons (Fsp3) is 0.267. The number of amides is 1. The molecule has 2 aromatic rings. The second kappa shape index (κ2) is 5.17. The smallest absolute Gasteiger partial charge is 0.226 e. The molecule has 102 valence electrons. The highest BCUT2D eigenvalue weighted by atomic mass is 32.1. The van der Waals surface area contributed by atoms with Crippen LogP contribution in [0.3, 0.4) is 0 Å². The summed E-state index contributed by atoms with van der Waals surface area (Å²) in [6.07, 6.45) is 1.93. The number of nitrogens with zero attached hydrogens (tertiary/aromatic N) is 2. The van der Waals surface area contributed by atoms with Gasteiger partial charge in [0, 0.05) is 5.92 Å². The van der Waals surface area contributed by atoms with E-state index in [0.29, 0.717) is 6.54 Å². The van der Waals surface area contributed by atoms with Crippen LogP contribution < -0.4 is 5.32 Å². The highest BCUT2D eigenvalue weighted by molar-refractivity contribution is 7.20. The molecule has 0 radical (unpaired) electrons. The summed E-state index contributed by atoms with van der Waals surface area (Å²) in [5.41, 5.74) is 2.54. The zero-order valence-electron chi connectivity index (χ0n) is 11.4.